The fourth-order valence-corrected chi connectivity index (χ4v) is 5.36. The van der Waals surface area contributed by atoms with E-state index in [1.807, 2.05) is 60.3 Å². The maximum Gasteiger partial charge on any atom is 0.172 e. The van der Waals surface area contributed by atoms with E-state index in [1.54, 1.807) is 26.0 Å². The van der Waals surface area contributed by atoms with Crippen LogP contribution in [0.15, 0.2) is 97.1 Å². The molecule has 0 atom stereocenters. The average molecular weight is 574 g/mol. The molecule has 4 aromatic carbocycles. The Balaban J connectivity index is 0.000000220. The molecular weight excluding hydrogens is 535 g/mol. The Hall–Kier alpha value is -3.35. The molecule has 0 fully saturated rings. The molecule has 0 radical (unpaired) electrons. The van der Waals surface area contributed by atoms with Crippen molar-refractivity contribution in [1.29, 1.82) is 0 Å². The summed E-state index contributed by atoms with van der Waals surface area (Å²) >= 11 is 3.60. The molecular formula is C34H39NO3S2. The fraction of sp³-hybridized carbons (Fsp3) is 0.265. The SMILES string of the molecule is COc1ccc(C(=O)CSCc2ccc(C)cc2)cc1.COc1ccc(NCCSCc2ccc(C)cc2)cc1. The highest BCUT2D eigenvalue weighted by atomic mass is 32.2. The van der Waals surface area contributed by atoms with Crippen LogP contribution in [-0.2, 0) is 11.5 Å². The second-order valence-electron chi connectivity index (χ2n) is 9.32. The Kier molecular flexibility index (Phi) is 13.5. The van der Waals surface area contributed by atoms with Crippen LogP contribution >= 0.6 is 23.5 Å². The number of ketones is 1. The first-order chi connectivity index (χ1) is 19.5. The van der Waals surface area contributed by atoms with Gasteiger partial charge in [0.2, 0.25) is 0 Å². The molecule has 4 rings (SSSR count). The van der Waals surface area contributed by atoms with Gasteiger partial charge >= 0.3 is 0 Å². The summed E-state index contributed by atoms with van der Waals surface area (Å²) in [5, 5.41) is 3.41. The predicted octanol–water partition coefficient (Wildman–Crippen LogP) is 8.47. The molecule has 0 aliphatic heterocycles. The first-order valence-corrected chi connectivity index (χ1v) is 15.6. The lowest BCUT2D eigenvalue weighted by molar-refractivity contribution is 0.102. The summed E-state index contributed by atoms with van der Waals surface area (Å²) in [6.07, 6.45) is 0. The van der Waals surface area contributed by atoms with Crippen LogP contribution in [0.3, 0.4) is 0 Å². The van der Waals surface area contributed by atoms with Crippen LogP contribution in [0.25, 0.3) is 0 Å². The van der Waals surface area contributed by atoms with Gasteiger partial charge in [-0.25, -0.2) is 0 Å². The van der Waals surface area contributed by atoms with E-state index in [0.717, 1.165) is 46.6 Å². The summed E-state index contributed by atoms with van der Waals surface area (Å²) in [5.74, 6) is 5.36. The number of carbonyl (C=O) groups excluding carboxylic acids is 1. The Morgan fingerprint density at radius 1 is 0.650 bits per heavy atom. The number of anilines is 1. The molecule has 0 amide bonds. The minimum Gasteiger partial charge on any atom is -0.497 e. The Morgan fingerprint density at radius 2 is 1.12 bits per heavy atom. The smallest absolute Gasteiger partial charge is 0.172 e. The molecule has 6 heteroatoms. The highest BCUT2D eigenvalue weighted by Crippen LogP contribution is 2.18. The highest BCUT2D eigenvalue weighted by Gasteiger charge is 2.06. The number of nitrogens with one attached hydrogen (secondary N) is 1. The van der Waals surface area contributed by atoms with Gasteiger partial charge in [0.05, 0.1) is 20.0 Å². The van der Waals surface area contributed by atoms with Crippen molar-refractivity contribution in [3.63, 3.8) is 0 Å². The zero-order valence-electron chi connectivity index (χ0n) is 23.8. The van der Waals surface area contributed by atoms with Gasteiger partial charge < -0.3 is 14.8 Å². The molecule has 1 N–H and O–H groups in total. The van der Waals surface area contributed by atoms with E-state index in [1.165, 1.54) is 22.3 Å². The van der Waals surface area contributed by atoms with Crippen LogP contribution in [0.2, 0.25) is 0 Å². The number of Topliss-reactive ketones (excluding diaryl/α,β-unsaturated/α-hetero) is 1. The minimum atomic E-state index is 0.157. The van der Waals surface area contributed by atoms with Gasteiger partial charge in [0.15, 0.2) is 5.78 Å². The fourth-order valence-electron chi connectivity index (χ4n) is 3.66. The molecule has 0 unspecified atom stereocenters. The third-order valence-corrected chi connectivity index (χ3v) is 8.12. The summed E-state index contributed by atoms with van der Waals surface area (Å²) in [4.78, 5) is 12.0. The van der Waals surface area contributed by atoms with E-state index in [-0.39, 0.29) is 5.78 Å². The number of methoxy groups -OCH3 is 2. The Morgan fingerprint density at radius 3 is 1.62 bits per heavy atom. The number of ether oxygens (including phenoxy) is 2. The van der Waals surface area contributed by atoms with Crippen molar-refractivity contribution in [3.05, 3.63) is 125 Å². The topological polar surface area (TPSA) is 47.6 Å². The molecule has 40 heavy (non-hydrogen) atoms. The Bertz CT molecular complexity index is 1270. The monoisotopic (exact) mass is 573 g/mol. The number of hydrogen-bond donors (Lipinski definition) is 1. The molecule has 0 saturated carbocycles. The zero-order valence-corrected chi connectivity index (χ0v) is 25.4. The van der Waals surface area contributed by atoms with Crippen molar-refractivity contribution in [1.82, 2.24) is 0 Å². The largest absolute Gasteiger partial charge is 0.497 e. The lowest BCUT2D eigenvalue weighted by Crippen LogP contribution is -2.04. The van der Waals surface area contributed by atoms with Gasteiger partial charge in [-0.2, -0.15) is 11.8 Å². The van der Waals surface area contributed by atoms with Crippen LogP contribution < -0.4 is 14.8 Å². The molecule has 0 spiro atoms. The van der Waals surface area contributed by atoms with E-state index in [0.29, 0.717) is 5.75 Å². The van der Waals surface area contributed by atoms with E-state index in [2.05, 4.69) is 67.7 Å². The number of carbonyl (C=O) groups is 1. The lowest BCUT2D eigenvalue weighted by Gasteiger charge is -2.07. The van der Waals surface area contributed by atoms with Crippen molar-refractivity contribution in [2.75, 3.05) is 37.6 Å². The molecule has 0 saturated heterocycles. The van der Waals surface area contributed by atoms with Crippen molar-refractivity contribution in [2.24, 2.45) is 0 Å². The normalized spacial score (nSPS) is 10.3. The molecule has 0 aliphatic carbocycles. The van der Waals surface area contributed by atoms with Crippen LogP contribution in [-0.4, -0.2) is 38.1 Å². The second-order valence-corrected chi connectivity index (χ2v) is 11.4. The molecule has 4 aromatic rings. The van der Waals surface area contributed by atoms with E-state index in [4.69, 9.17) is 9.47 Å². The predicted molar refractivity (Wildman–Crippen MR) is 173 cm³/mol. The quantitative estimate of drug-likeness (QED) is 0.128. The number of aryl methyl sites for hydroxylation is 2. The highest BCUT2D eigenvalue weighted by molar-refractivity contribution is 7.99. The number of rotatable bonds is 13. The Labute approximate surface area is 247 Å². The van der Waals surface area contributed by atoms with Gasteiger partial charge in [-0.05, 0) is 73.5 Å². The van der Waals surface area contributed by atoms with Crippen molar-refractivity contribution >= 4 is 35.0 Å². The first-order valence-electron chi connectivity index (χ1n) is 13.3. The summed E-state index contributed by atoms with van der Waals surface area (Å²) < 4.78 is 10.2. The summed E-state index contributed by atoms with van der Waals surface area (Å²) in [7, 11) is 3.30. The molecule has 0 bridgehead atoms. The van der Waals surface area contributed by atoms with Gasteiger partial charge in [-0.15, -0.1) is 11.8 Å². The van der Waals surface area contributed by atoms with Crippen molar-refractivity contribution in [2.45, 2.75) is 25.4 Å². The van der Waals surface area contributed by atoms with E-state index in [9.17, 15) is 4.79 Å². The van der Waals surface area contributed by atoms with Gasteiger partial charge in [0.1, 0.15) is 11.5 Å². The van der Waals surface area contributed by atoms with Crippen LogP contribution in [0, 0.1) is 13.8 Å². The number of thioether (sulfide) groups is 2. The maximum atomic E-state index is 12.0. The molecule has 0 aromatic heterocycles. The lowest BCUT2D eigenvalue weighted by atomic mass is 10.1. The minimum absolute atomic E-state index is 0.157. The molecule has 0 aliphatic rings. The first kappa shape index (κ1) is 31.2. The van der Waals surface area contributed by atoms with Crippen LogP contribution in [0.1, 0.15) is 32.6 Å². The van der Waals surface area contributed by atoms with Crippen LogP contribution in [0.5, 0.6) is 11.5 Å². The third-order valence-electron chi connectivity index (χ3n) is 6.09. The summed E-state index contributed by atoms with van der Waals surface area (Å²) in [6.45, 7) is 5.17. The van der Waals surface area contributed by atoms with Gasteiger partial charge in [-0.3, -0.25) is 4.79 Å². The van der Waals surface area contributed by atoms with Gasteiger partial charge in [0, 0.05) is 35.1 Å². The third kappa shape index (κ3) is 11.4. The van der Waals surface area contributed by atoms with Crippen LogP contribution in [0.4, 0.5) is 5.69 Å². The second kappa shape index (κ2) is 17.4. The standard InChI is InChI=1S/C17H21NOS.C17H18O2S/c1-14-3-5-15(6-4-14)13-20-12-11-18-16-7-9-17(19-2)10-8-16;1-13-3-5-14(6-4-13)11-20-12-17(18)15-7-9-16(19-2)10-8-15/h3-10,18H,11-13H2,1-2H3;3-10H,11-12H2,1-2H3. The van der Waals surface area contributed by atoms with Gasteiger partial charge in [-0.1, -0.05) is 59.7 Å². The average Bonchev–Trinajstić information content (AvgIpc) is 2.99. The molecule has 0 heterocycles. The summed E-state index contributed by atoms with van der Waals surface area (Å²) in [5.41, 5.74) is 7.10. The molecule has 4 nitrogen and oxygen atoms in total. The summed E-state index contributed by atoms with van der Waals surface area (Å²) in [6, 6.07) is 32.5. The van der Waals surface area contributed by atoms with Gasteiger partial charge in [0.25, 0.3) is 0 Å². The maximum absolute atomic E-state index is 12.0. The number of benzene rings is 4. The van der Waals surface area contributed by atoms with Crippen molar-refractivity contribution in [3.8, 4) is 11.5 Å². The van der Waals surface area contributed by atoms with Crippen molar-refractivity contribution < 1.29 is 14.3 Å². The number of hydrogen-bond acceptors (Lipinski definition) is 6. The van der Waals surface area contributed by atoms with E-state index >= 15 is 0 Å². The zero-order chi connectivity index (χ0) is 28.6. The van der Waals surface area contributed by atoms with E-state index < -0.39 is 0 Å². The molecule has 210 valence electrons.